The third-order valence-electron chi connectivity index (χ3n) is 3.88. The molecule has 2 heterocycles. The SMILES string of the molecule is CC(C)(C)C1Cc2c(cc(Br)c3c2CCO3)C=N1. The predicted molar refractivity (Wildman–Crippen MR) is 77.9 cm³/mol. The zero-order valence-electron chi connectivity index (χ0n) is 11.1. The van der Waals surface area contributed by atoms with Gasteiger partial charge in [-0.2, -0.15) is 0 Å². The molecule has 0 amide bonds. The Balaban J connectivity index is 2.08. The van der Waals surface area contributed by atoms with Crippen LogP contribution < -0.4 is 4.74 Å². The number of hydrogen-bond acceptors (Lipinski definition) is 2. The van der Waals surface area contributed by atoms with Gasteiger partial charge in [0.05, 0.1) is 17.1 Å². The Morgan fingerprint density at radius 3 is 2.83 bits per heavy atom. The normalized spacial score (nSPS) is 21.4. The van der Waals surface area contributed by atoms with E-state index in [-0.39, 0.29) is 5.41 Å². The molecule has 0 aromatic heterocycles. The van der Waals surface area contributed by atoms with Crippen molar-refractivity contribution in [2.24, 2.45) is 10.4 Å². The minimum atomic E-state index is 0.216. The van der Waals surface area contributed by atoms with Gasteiger partial charge in [-0.3, -0.25) is 4.99 Å². The molecule has 2 nitrogen and oxygen atoms in total. The fraction of sp³-hybridized carbons (Fsp3) is 0.533. The molecule has 18 heavy (non-hydrogen) atoms. The average Bonchev–Trinajstić information content (AvgIpc) is 2.77. The van der Waals surface area contributed by atoms with E-state index in [1.165, 1.54) is 16.7 Å². The molecule has 0 saturated carbocycles. The van der Waals surface area contributed by atoms with Crippen LogP contribution in [-0.2, 0) is 12.8 Å². The second-order valence-electron chi connectivity index (χ2n) is 6.20. The summed E-state index contributed by atoms with van der Waals surface area (Å²) in [7, 11) is 0. The van der Waals surface area contributed by atoms with Crippen LogP contribution in [-0.4, -0.2) is 18.9 Å². The highest BCUT2D eigenvalue weighted by Gasteiger charge is 2.31. The van der Waals surface area contributed by atoms with Gasteiger partial charge in [0, 0.05) is 18.2 Å². The highest BCUT2D eigenvalue weighted by atomic mass is 79.9. The number of ether oxygens (including phenoxy) is 1. The van der Waals surface area contributed by atoms with Gasteiger partial charge in [-0.25, -0.2) is 0 Å². The van der Waals surface area contributed by atoms with Crippen molar-refractivity contribution in [3.8, 4) is 5.75 Å². The summed E-state index contributed by atoms with van der Waals surface area (Å²) < 4.78 is 6.79. The van der Waals surface area contributed by atoms with Gasteiger partial charge < -0.3 is 4.74 Å². The molecule has 0 spiro atoms. The van der Waals surface area contributed by atoms with E-state index in [1.54, 1.807) is 0 Å². The van der Waals surface area contributed by atoms with Crippen molar-refractivity contribution >= 4 is 22.1 Å². The number of fused-ring (bicyclic) bond motifs is 3. The first-order valence-electron chi connectivity index (χ1n) is 6.47. The molecule has 0 saturated heterocycles. The predicted octanol–water partition coefficient (Wildman–Crippen LogP) is 3.77. The minimum absolute atomic E-state index is 0.216. The number of nitrogens with zero attached hydrogens (tertiary/aromatic N) is 1. The number of hydrogen-bond donors (Lipinski definition) is 0. The highest BCUT2D eigenvalue weighted by molar-refractivity contribution is 9.10. The first kappa shape index (κ1) is 12.2. The summed E-state index contributed by atoms with van der Waals surface area (Å²) in [4.78, 5) is 4.72. The first-order valence-corrected chi connectivity index (χ1v) is 7.26. The topological polar surface area (TPSA) is 21.6 Å². The van der Waals surface area contributed by atoms with E-state index in [0.717, 1.165) is 29.7 Å². The van der Waals surface area contributed by atoms with Gasteiger partial charge in [0.2, 0.25) is 0 Å². The van der Waals surface area contributed by atoms with Crippen molar-refractivity contribution < 1.29 is 4.74 Å². The van der Waals surface area contributed by atoms with Crippen LogP contribution in [0.4, 0.5) is 0 Å². The van der Waals surface area contributed by atoms with Crippen molar-refractivity contribution in [1.29, 1.82) is 0 Å². The van der Waals surface area contributed by atoms with Crippen molar-refractivity contribution in [3.63, 3.8) is 0 Å². The third kappa shape index (κ3) is 1.89. The van der Waals surface area contributed by atoms with E-state index in [0.29, 0.717) is 6.04 Å². The van der Waals surface area contributed by atoms with E-state index in [1.807, 2.05) is 6.21 Å². The summed E-state index contributed by atoms with van der Waals surface area (Å²) in [6, 6.07) is 2.51. The fourth-order valence-electron chi connectivity index (χ4n) is 2.72. The lowest BCUT2D eigenvalue weighted by Gasteiger charge is -2.31. The summed E-state index contributed by atoms with van der Waals surface area (Å²) >= 11 is 3.59. The fourth-order valence-corrected chi connectivity index (χ4v) is 3.32. The van der Waals surface area contributed by atoms with Gasteiger partial charge in [0.25, 0.3) is 0 Å². The first-order chi connectivity index (χ1) is 8.47. The quantitative estimate of drug-likeness (QED) is 0.715. The molecule has 3 heteroatoms. The summed E-state index contributed by atoms with van der Waals surface area (Å²) in [6.45, 7) is 7.59. The Kier molecular flexibility index (Phi) is 2.77. The molecule has 0 bridgehead atoms. The van der Waals surface area contributed by atoms with Gasteiger partial charge in [-0.1, -0.05) is 20.8 Å². The Morgan fingerprint density at radius 2 is 2.11 bits per heavy atom. The lowest BCUT2D eigenvalue weighted by molar-refractivity contribution is 0.319. The van der Waals surface area contributed by atoms with Gasteiger partial charge in [0.1, 0.15) is 5.75 Å². The maximum atomic E-state index is 5.72. The maximum absolute atomic E-state index is 5.72. The Bertz CT molecular complexity index is 528. The molecule has 0 N–H and O–H groups in total. The Hall–Kier alpha value is -0.830. The molecule has 1 atom stereocenters. The maximum Gasteiger partial charge on any atom is 0.137 e. The van der Waals surface area contributed by atoms with Gasteiger partial charge >= 0.3 is 0 Å². The minimum Gasteiger partial charge on any atom is -0.492 e. The van der Waals surface area contributed by atoms with E-state index in [9.17, 15) is 0 Å². The zero-order valence-corrected chi connectivity index (χ0v) is 12.7. The molecule has 3 rings (SSSR count). The van der Waals surface area contributed by atoms with Crippen LogP contribution in [0.2, 0.25) is 0 Å². The average molecular weight is 308 g/mol. The van der Waals surface area contributed by atoms with Crippen molar-refractivity contribution in [3.05, 3.63) is 27.2 Å². The number of halogens is 1. The number of aliphatic imine (C=N–C) groups is 1. The van der Waals surface area contributed by atoms with Gasteiger partial charge in [-0.15, -0.1) is 0 Å². The molecule has 0 radical (unpaired) electrons. The van der Waals surface area contributed by atoms with Crippen LogP contribution in [0, 0.1) is 5.41 Å². The molecule has 1 unspecified atom stereocenters. The lowest BCUT2D eigenvalue weighted by Crippen LogP contribution is -2.30. The Labute approximate surface area is 117 Å². The monoisotopic (exact) mass is 307 g/mol. The molecule has 0 fully saturated rings. The zero-order chi connectivity index (χ0) is 12.9. The second kappa shape index (κ2) is 4.09. The van der Waals surface area contributed by atoms with Crippen LogP contribution >= 0.6 is 15.9 Å². The van der Waals surface area contributed by atoms with Crippen molar-refractivity contribution in [2.75, 3.05) is 6.61 Å². The van der Waals surface area contributed by atoms with Crippen LogP contribution in [0.15, 0.2) is 15.5 Å². The van der Waals surface area contributed by atoms with Crippen molar-refractivity contribution in [1.82, 2.24) is 0 Å². The largest absolute Gasteiger partial charge is 0.492 e. The van der Waals surface area contributed by atoms with Gasteiger partial charge in [-0.05, 0) is 45.0 Å². The molecule has 0 aliphatic carbocycles. The van der Waals surface area contributed by atoms with Crippen molar-refractivity contribution in [2.45, 2.75) is 39.7 Å². The molecule has 96 valence electrons. The van der Waals surface area contributed by atoms with Gasteiger partial charge in [0.15, 0.2) is 0 Å². The lowest BCUT2D eigenvalue weighted by atomic mass is 9.80. The van der Waals surface area contributed by atoms with Crippen LogP contribution in [0.1, 0.15) is 37.5 Å². The van der Waals surface area contributed by atoms with E-state index in [2.05, 4.69) is 42.8 Å². The summed E-state index contributed by atoms with van der Waals surface area (Å²) in [5, 5.41) is 0. The Morgan fingerprint density at radius 1 is 1.33 bits per heavy atom. The molecule has 1 aromatic rings. The molecule has 1 aromatic carbocycles. The number of rotatable bonds is 0. The van der Waals surface area contributed by atoms with Crippen LogP contribution in [0.3, 0.4) is 0 Å². The molecule has 2 aliphatic rings. The second-order valence-corrected chi connectivity index (χ2v) is 7.05. The van der Waals surface area contributed by atoms with E-state index in [4.69, 9.17) is 9.73 Å². The third-order valence-corrected chi connectivity index (χ3v) is 4.46. The molecule has 2 aliphatic heterocycles. The number of benzene rings is 1. The van der Waals surface area contributed by atoms with E-state index < -0.39 is 0 Å². The highest BCUT2D eigenvalue weighted by Crippen LogP contribution is 2.40. The molecular weight excluding hydrogens is 290 g/mol. The summed E-state index contributed by atoms with van der Waals surface area (Å²) in [6.07, 6.45) is 4.11. The van der Waals surface area contributed by atoms with E-state index >= 15 is 0 Å². The van der Waals surface area contributed by atoms with Crippen LogP contribution in [0.5, 0.6) is 5.75 Å². The standard InChI is InChI=1S/C15H18BrNO/c1-15(2,3)13-7-11-9(8-17-13)6-12(16)14-10(11)4-5-18-14/h6,8,13H,4-5,7H2,1-3H3. The van der Waals surface area contributed by atoms with Crippen LogP contribution in [0.25, 0.3) is 0 Å². The smallest absolute Gasteiger partial charge is 0.137 e. The summed E-state index contributed by atoms with van der Waals surface area (Å²) in [5.41, 5.74) is 4.31. The molecular formula is C15H18BrNO. The summed E-state index contributed by atoms with van der Waals surface area (Å²) in [5.74, 6) is 1.05.